The van der Waals surface area contributed by atoms with Gasteiger partial charge in [0.25, 0.3) is 5.91 Å². The second-order valence-corrected chi connectivity index (χ2v) is 13.0. The van der Waals surface area contributed by atoms with E-state index < -0.39 is 15.6 Å². The first-order valence-corrected chi connectivity index (χ1v) is 14.4. The average Bonchev–Trinajstić information content (AvgIpc) is 2.77. The molecular formula is C28H32BrClN2O4S. The summed E-state index contributed by atoms with van der Waals surface area (Å²) in [4.78, 5) is 14.9. The van der Waals surface area contributed by atoms with Gasteiger partial charge in [-0.15, -0.1) is 0 Å². The number of carbonyl (C=O) groups excluding carboxylic acids is 1. The molecule has 6 nitrogen and oxygen atoms in total. The first kappa shape index (κ1) is 29.2. The van der Waals surface area contributed by atoms with E-state index in [9.17, 15) is 13.2 Å². The fourth-order valence-electron chi connectivity index (χ4n) is 3.97. The summed E-state index contributed by atoms with van der Waals surface area (Å²) < 4.78 is 34.8. The van der Waals surface area contributed by atoms with Crippen molar-refractivity contribution in [1.82, 2.24) is 9.62 Å². The van der Waals surface area contributed by atoms with Crippen molar-refractivity contribution >= 4 is 43.5 Å². The van der Waals surface area contributed by atoms with Gasteiger partial charge in [-0.05, 0) is 91.5 Å². The Hall–Kier alpha value is -2.39. The Labute approximate surface area is 233 Å². The van der Waals surface area contributed by atoms with Crippen LogP contribution in [0.1, 0.15) is 53.4 Å². The van der Waals surface area contributed by atoms with E-state index in [2.05, 4.69) is 20.7 Å². The Kier molecular flexibility index (Phi) is 9.11. The molecule has 1 N–H and O–H groups in total. The van der Waals surface area contributed by atoms with Crippen molar-refractivity contribution in [3.8, 4) is 5.75 Å². The summed E-state index contributed by atoms with van der Waals surface area (Å²) in [7, 11) is -2.09. The molecular weight excluding hydrogens is 576 g/mol. The van der Waals surface area contributed by atoms with Crippen LogP contribution >= 0.6 is 27.5 Å². The van der Waals surface area contributed by atoms with Crippen LogP contribution in [0.3, 0.4) is 0 Å². The maximum Gasteiger partial charge on any atom is 0.255 e. The third kappa shape index (κ3) is 7.57. The van der Waals surface area contributed by atoms with E-state index in [0.29, 0.717) is 22.6 Å². The predicted octanol–water partition coefficient (Wildman–Crippen LogP) is 6.65. The minimum atomic E-state index is -3.78. The highest BCUT2D eigenvalue weighted by molar-refractivity contribution is 9.10. The number of benzene rings is 3. The molecule has 0 bridgehead atoms. The summed E-state index contributed by atoms with van der Waals surface area (Å²) in [5.41, 5.74) is 3.37. The molecule has 3 aromatic rings. The van der Waals surface area contributed by atoms with Crippen molar-refractivity contribution in [1.29, 1.82) is 0 Å². The molecule has 3 aromatic carbocycles. The number of hydrogen-bond acceptors (Lipinski definition) is 4. The standard InChI is InChI=1S/C28H32BrClN2O4S/c1-18-13-20(14-19(2)26(18)36-17-21-9-7-8-10-25(21)30)16-32(6)27(33)23-15-22(11-12-24(23)29)37(34,35)31-28(3,4)5/h7-15,31H,16-17H2,1-6H3. The molecule has 0 aliphatic carbocycles. The van der Waals surface area contributed by atoms with Crippen molar-refractivity contribution in [2.24, 2.45) is 0 Å². The average molecular weight is 608 g/mol. The van der Waals surface area contributed by atoms with E-state index in [1.165, 1.54) is 12.1 Å². The van der Waals surface area contributed by atoms with E-state index in [0.717, 1.165) is 28.0 Å². The predicted molar refractivity (Wildman–Crippen MR) is 152 cm³/mol. The van der Waals surface area contributed by atoms with Crippen LogP contribution in [-0.4, -0.2) is 31.8 Å². The number of sulfonamides is 1. The van der Waals surface area contributed by atoms with Crippen LogP contribution in [0.15, 0.2) is 64.0 Å². The fourth-order valence-corrected chi connectivity index (χ4v) is 6.02. The Balaban J connectivity index is 1.78. The molecule has 0 fully saturated rings. The Bertz CT molecular complexity index is 1390. The van der Waals surface area contributed by atoms with E-state index in [1.54, 1.807) is 38.8 Å². The van der Waals surface area contributed by atoms with Crippen LogP contribution in [0, 0.1) is 13.8 Å². The van der Waals surface area contributed by atoms with E-state index in [1.807, 2.05) is 50.2 Å². The van der Waals surface area contributed by atoms with Gasteiger partial charge in [0.1, 0.15) is 12.4 Å². The highest BCUT2D eigenvalue weighted by Gasteiger charge is 2.25. The largest absolute Gasteiger partial charge is 0.488 e. The Morgan fingerprint density at radius 2 is 1.68 bits per heavy atom. The van der Waals surface area contributed by atoms with Crippen LogP contribution < -0.4 is 9.46 Å². The number of carbonyl (C=O) groups is 1. The van der Waals surface area contributed by atoms with Crippen molar-refractivity contribution in [2.45, 2.75) is 58.2 Å². The zero-order valence-electron chi connectivity index (χ0n) is 21.9. The van der Waals surface area contributed by atoms with Gasteiger partial charge in [-0.2, -0.15) is 0 Å². The van der Waals surface area contributed by atoms with Crippen LogP contribution in [-0.2, 0) is 23.2 Å². The summed E-state index contributed by atoms with van der Waals surface area (Å²) in [6.45, 7) is 9.92. The van der Waals surface area contributed by atoms with Gasteiger partial charge < -0.3 is 9.64 Å². The lowest BCUT2D eigenvalue weighted by molar-refractivity contribution is 0.0784. The highest BCUT2D eigenvalue weighted by Crippen LogP contribution is 2.28. The van der Waals surface area contributed by atoms with Crippen LogP contribution in [0.4, 0.5) is 0 Å². The van der Waals surface area contributed by atoms with Gasteiger partial charge in [0.2, 0.25) is 10.0 Å². The van der Waals surface area contributed by atoms with Crippen molar-refractivity contribution < 1.29 is 17.9 Å². The molecule has 0 saturated heterocycles. The monoisotopic (exact) mass is 606 g/mol. The fraction of sp³-hybridized carbons (Fsp3) is 0.321. The van der Waals surface area contributed by atoms with Crippen LogP contribution in [0.2, 0.25) is 5.02 Å². The first-order chi connectivity index (χ1) is 17.2. The first-order valence-electron chi connectivity index (χ1n) is 11.7. The second kappa shape index (κ2) is 11.6. The number of aryl methyl sites for hydroxylation is 2. The number of amides is 1. The maximum atomic E-state index is 13.3. The molecule has 3 rings (SSSR count). The van der Waals surface area contributed by atoms with Gasteiger partial charge in [0, 0.05) is 34.2 Å². The molecule has 0 atom stereocenters. The summed E-state index contributed by atoms with van der Waals surface area (Å²) in [6, 6.07) is 16.0. The van der Waals surface area contributed by atoms with E-state index in [-0.39, 0.29) is 16.4 Å². The Morgan fingerprint density at radius 1 is 1.05 bits per heavy atom. The minimum Gasteiger partial charge on any atom is -0.488 e. The van der Waals surface area contributed by atoms with Crippen molar-refractivity contribution in [3.05, 3.63) is 91.9 Å². The zero-order chi connectivity index (χ0) is 27.5. The number of nitrogens with one attached hydrogen (secondary N) is 1. The second-order valence-electron chi connectivity index (χ2n) is 10.1. The summed E-state index contributed by atoms with van der Waals surface area (Å²) >= 11 is 9.65. The molecule has 0 spiro atoms. The van der Waals surface area contributed by atoms with Gasteiger partial charge in [0.15, 0.2) is 0 Å². The minimum absolute atomic E-state index is 0.0362. The van der Waals surface area contributed by atoms with E-state index >= 15 is 0 Å². The normalized spacial score (nSPS) is 11.9. The summed E-state index contributed by atoms with van der Waals surface area (Å²) in [5, 5.41) is 0.659. The molecule has 9 heteroatoms. The number of rotatable bonds is 8. The number of halogens is 2. The zero-order valence-corrected chi connectivity index (χ0v) is 25.0. The SMILES string of the molecule is Cc1cc(CN(C)C(=O)c2cc(S(=O)(=O)NC(C)(C)C)ccc2Br)cc(C)c1OCc1ccccc1Cl. The topological polar surface area (TPSA) is 75.7 Å². The third-order valence-electron chi connectivity index (χ3n) is 5.54. The number of hydrogen-bond donors (Lipinski definition) is 1. The Morgan fingerprint density at radius 3 is 2.27 bits per heavy atom. The highest BCUT2D eigenvalue weighted by atomic mass is 79.9. The van der Waals surface area contributed by atoms with Crippen molar-refractivity contribution in [2.75, 3.05) is 7.05 Å². The molecule has 0 aliphatic heterocycles. The molecule has 1 amide bonds. The van der Waals surface area contributed by atoms with Gasteiger partial charge in [-0.25, -0.2) is 13.1 Å². The van der Waals surface area contributed by atoms with Crippen molar-refractivity contribution in [3.63, 3.8) is 0 Å². The quantitative estimate of drug-likeness (QED) is 0.311. The third-order valence-corrected chi connectivity index (χ3v) is 8.35. The molecule has 0 aliphatic rings. The maximum absolute atomic E-state index is 13.3. The summed E-state index contributed by atoms with van der Waals surface area (Å²) in [5.74, 6) is 0.485. The molecule has 0 radical (unpaired) electrons. The number of nitrogens with zero attached hydrogens (tertiary/aromatic N) is 1. The van der Waals surface area contributed by atoms with Gasteiger partial charge >= 0.3 is 0 Å². The van der Waals surface area contributed by atoms with Crippen LogP contribution in [0.5, 0.6) is 5.75 Å². The molecule has 0 heterocycles. The van der Waals surface area contributed by atoms with Gasteiger partial charge in [0.05, 0.1) is 10.5 Å². The lowest BCUT2D eigenvalue weighted by Gasteiger charge is -2.22. The summed E-state index contributed by atoms with van der Waals surface area (Å²) in [6.07, 6.45) is 0. The lowest BCUT2D eigenvalue weighted by atomic mass is 10.0. The molecule has 0 unspecified atom stereocenters. The smallest absolute Gasteiger partial charge is 0.255 e. The molecule has 198 valence electrons. The van der Waals surface area contributed by atoms with E-state index in [4.69, 9.17) is 16.3 Å². The van der Waals surface area contributed by atoms with Gasteiger partial charge in [-0.1, -0.05) is 41.9 Å². The molecule has 0 saturated carbocycles. The molecule has 0 aromatic heterocycles. The van der Waals surface area contributed by atoms with Crippen LogP contribution in [0.25, 0.3) is 0 Å². The molecule has 37 heavy (non-hydrogen) atoms. The van der Waals surface area contributed by atoms with Gasteiger partial charge in [-0.3, -0.25) is 4.79 Å². The number of ether oxygens (including phenoxy) is 1. The lowest BCUT2D eigenvalue weighted by Crippen LogP contribution is -2.40.